The minimum Gasteiger partial charge on any atom is -0.488 e. The molecule has 3 nitrogen and oxygen atoms in total. The monoisotopic (exact) mass is 393 g/mol. The van der Waals surface area contributed by atoms with Crippen LogP contribution in [0.15, 0.2) is 82.6 Å². The van der Waals surface area contributed by atoms with Crippen molar-refractivity contribution in [1.29, 1.82) is 0 Å². The number of nitrogens with one attached hydrogen (secondary N) is 1. The Kier molecular flexibility index (Phi) is 5.19. The van der Waals surface area contributed by atoms with E-state index in [4.69, 9.17) is 16.3 Å². The van der Waals surface area contributed by atoms with Crippen LogP contribution in [0.5, 0.6) is 5.75 Å². The molecule has 0 saturated carbocycles. The highest BCUT2D eigenvalue weighted by Crippen LogP contribution is 2.39. The molecule has 4 rings (SSSR count). The summed E-state index contributed by atoms with van der Waals surface area (Å²) in [6.45, 7) is 0.363. The molecule has 0 atom stereocenters. The van der Waals surface area contributed by atoms with Gasteiger partial charge in [-0.1, -0.05) is 71.9 Å². The van der Waals surface area contributed by atoms with E-state index < -0.39 is 0 Å². The summed E-state index contributed by atoms with van der Waals surface area (Å²) in [7, 11) is 0. The lowest BCUT2D eigenvalue weighted by Gasteiger charge is -2.18. The fourth-order valence-electron chi connectivity index (χ4n) is 2.75. The second-order valence-corrected chi connectivity index (χ2v) is 7.47. The van der Waals surface area contributed by atoms with Crippen LogP contribution < -0.4 is 10.1 Å². The zero-order chi connectivity index (χ0) is 18.6. The fraction of sp³-hybridized carbons (Fsp3) is 0.0455. The topological polar surface area (TPSA) is 38.3 Å². The van der Waals surface area contributed by atoms with Crippen molar-refractivity contribution in [3.63, 3.8) is 0 Å². The average molecular weight is 394 g/mol. The summed E-state index contributed by atoms with van der Waals surface area (Å²) in [5.41, 5.74) is 2.61. The summed E-state index contributed by atoms with van der Waals surface area (Å²) < 4.78 is 5.98. The molecule has 3 aromatic rings. The Morgan fingerprint density at radius 2 is 1.70 bits per heavy atom. The van der Waals surface area contributed by atoms with Gasteiger partial charge < -0.3 is 10.1 Å². The molecular weight excluding hydrogens is 378 g/mol. The number of anilines is 1. The lowest BCUT2D eigenvalue weighted by Crippen LogP contribution is -2.17. The van der Waals surface area contributed by atoms with Crippen molar-refractivity contribution in [3.8, 4) is 5.75 Å². The SMILES string of the molecule is O=C1Nc2ccccc2S/C1=C\c1ccccc1OCc1ccccc1Cl. The van der Waals surface area contributed by atoms with Gasteiger partial charge in [0, 0.05) is 21.0 Å². The molecule has 0 spiro atoms. The Labute approximate surface area is 167 Å². The number of benzene rings is 3. The van der Waals surface area contributed by atoms with Crippen LogP contribution in [0.3, 0.4) is 0 Å². The van der Waals surface area contributed by atoms with E-state index in [0.29, 0.717) is 22.3 Å². The number of amides is 1. The maximum Gasteiger partial charge on any atom is 0.262 e. The summed E-state index contributed by atoms with van der Waals surface area (Å²) in [6.07, 6.45) is 1.86. The second-order valence-electron chi connectivity index (χ2n) is 5.98. The number of hydrogen-bond donors (Lipinski definition) is 1. The van der Waals surface area contributed by atoms with Gasteiger partial charge in [-0.2, -0.15) is 0 Å². The third kappa shape index (κ3) is 4.02. The van der Waals surface area contributed by atoms with E-state index in [-0.39, 0.29) is 5.91 Å². The highest BCUT2D eigenvalue weighted by atomic mass is 35.5. The number of hydrogen-bond acceptors (Lipinski definition) is 3. The molecule has 0 aliphatic carbocycles. The zero-order valence-electron chi connectivity index (χ0n) is 14.3. The van der Waals surface area contributed by atoms with Crippen molar-refractivity contribution in [2.75, 3.05) is 5.32 Å². The van der Waals surface area contributed by atoms with E-state index >= 15 is 0 Å². The molecule has 1 heterocycles. The Bertz CT molecular complexity index is 1030. The number of rotatable bonds is 4. The molecule has 1 aliphatic rings. The molecule has 1 amide bonds. The highest BCUT2D eigenvalue weighted by Gasteiger charge is 2.21. The van der Waals surface area contributed by atoms with Crippen LogP contribution in [0.4, 0.5) is 5.69 Å². The molecule has 134 valence electrons. The quantitative estimate of drug-likeness (QED) is 0.552. The molecule has 5 heteroatoms. The minimum atomic E-state index is -0.111. The van der Waals surface area contributed by atoms with Crippen molar-refractivity contribution in [1.82, 2.24) is 0 Å². The largest absolute Gasteiger partial charge is 0.488 e. The number of carbonyl (C=O) groups is 1. The maximum atomic E-state index is 12.4. The van der Waals surface area contributed by atoms with Gasteiger partial charge in [-0.3, -0.25) is 4.79 Å². The molecule has 0 aromatic heterocycles. The normalized spacial score (nSPS) is 14.6. The van der Waals surface area contributed by atoms with Crippen LogP contribution in [0, 0.1) is 0 Å². The number of ether oxygens (including phenoxy) is 1. The molecule has 0 saturated heterocycles. The molecule has 1 N–H and O–H groups in total. The Hall–Kier alpha value is -2.69. The lowest BCUT2D eigenvalue weighted by molar-refractivity contribution is -0.112. The molecular formula is C22H16ClNO2S. The molecule has 0 radical (unpaired) electrons. The van der Waals surface area contributed by atoms with Crippen molar-refractivity contribution in [3.05, 3.63) is 93.9 Å². The first-order chi connectivity index (χ1) is 13.2. The second kappa shape index (κ2) is 7.91. The maximum absolute atomic E-state index is 12.4. The van der Waals surface area contributed by atoms with Crippen LogP contribution in [0.2, 0.25) is 5.02 Å². The van der Waals surface area contributed by atoms with Gasteiger partial charge in [0.2, 0.25) is 0 Å². The van der Waals surface area contributed by atoms with Gasteiger partial charge >= 0.3 is 0 Å². The van der Waals surface area contributed by atoms with Crippen LogP contribution in [0.1, 0.15) is 11.1 Å². The molecule has 27 heavy (non-hydrogen) atoms. The average Bonchev–Trinajstić information content (AvgIpc) is 2.69. The van der Waals surface area contributed by atoms with E-state index in [2.05, 4.69) is 5.32 Å². The first-order valence-corrected chi connectivity index (χ1v) is 9.65. The predicted molar refractivity (Wildman–Crippen MR) is 111 cm³/mol. The number of fused-ring (bicyclic) bond motifs is 1. The third-order valence-corrected chi connectivity index (χ3v) is 5.59. The smallest absolute Gasteiger partial charge is 0.262 e. The van der Waals surface area contributed by atoms with Gasteiger partial charge in [0.1, 0.15) is 12.4 Å². The fourth-order valence-corrected chi connectivity index (χ4v) is 3.88. The molecule has 1 aliphatic heterocycles. The third-order valence-electron chi connectivity index (χ3n) is 4.13. The minimum absolute atomic E-state index is 0.111. The van der Waals surface area contributed by atoms with E-state index in [1.54, 1.807) is 0 Å². The molecule has 3 aromatic carbocycles. The Morgan fingerprint density at radius 1 is 0.963 bits per heavy atom. The van der Waals surface area contributed by atoms with Crippen molar-refractivity contribution in [2.24, 2.45) is 0 Å². The van der Waals surface area contributed by atoms with Gasteiger partial charge in [0.05, 0.1) is 10.6 Å². The van der Waals surface area contributed by atoms with E-state index in [1.807, 2.05) is 78.9 Å². The first-order valence-electron chi connectivity index (χ1n) is 8.46. The number of halogens is 1. The number of para-hydroxylation sites is 2. The Morgan fingerprint density at radius 3 is 2.59 bits per heavy atom. The zero-order valence-corrected chi connectivity index (χ0v) is 15.9. The highest BCUT2D eigenvalue weighted by molar-refractivity contribution is 8.04. The Balaban J connectivity index is 1.59. The van der Waals surface area contributed by atoms with Crippen LogP contribution >= 0.6 is 23.4 Å². The summed E-state index contributed by atoms with van der Waals surface area (Å²) in [5.74, 6) is 0.594. The first kappa shape index (κ1) is 17.7. The number of carbonyl (C=O) groups excluding carboxylic acids is 1. The van der Waals surface area contributed by atoms with Gasteiger partial charge in [-0.25, -0.2) is 0 Å². The van der Waals surface area contributed by atoms with Gasteiger partial charge in [-0.05, 0) is 30.3 Å². The molecule has 0 bridgehead atoms. The lowest BCUT2D eigenvalue weighted by atomic mass is 10.1. The van der Waals surface area contributed by atoms with Gasteiger partial charge in [0.15, 0.2) is 0 Å². The van der Waals surface area contributed by atoms with Crippen LogP contribution in [0.25, 0.3) is 6.08 Å². The van der Waals surface area contributed by atoms with Crippen molar-refractivity contribution < 1.29 is 9.53 Å². The standard InChI is InChI=1S/C22H16ClNO2S/c23-17-9-3-1-8-16(17)14-26-19-11-5-2-7-15(19)13-21-22(25)24-18-10-4-6-12-20(18)27-21/h1-13H,14H2,(H,24,25)/b21-13-. The summed E-state index contributed by atoms with van der Waals surface area (Å²) >= 11 is 7.66. The van der Waals surface area contributed by atoms with Gasteiger partial charge in [-0.15, -0.1) is 0 Å². The van der Waals surface area contributed by atoms with Crippen LogP contribution in [-0.2, 0) is 11.4 Å². The van der Waals surface area contributed by atoms with Crippen LogP contribution in [-0.4, -0.2) is 5.91 Å². The van der Waals surface area contributed by atoms with Crippen molar-refractivity contribution in [2.45, 2.75) is 11.5 Å². The van der Waals surface area contributed by atoms with Crippen molar-refractivity contribution >= 4 is 41.0 Å². The molecule has 0 fully saturated rings. The number of thioether (sulfide) groups is 1. The predicted octanol–water partition coefficient (Wildman–Crippen LogP) is 6.00. The summed E-state index contributed by atoms with van der Waals surface area (Å²) in [6, 6.07) is 23.0. The van der Waals surface area contributed by atoms with E-state index in [0.717, 1.165) is 21.7 Å². The van der Waals surface area contributed by atoms with E-state index in [1.165, 1.54) is 11.8 Å². The summed E-state index contributed by atoms with van der Waals surface area (Å²) in [5, 5.41) is 3.60. The van der Waals surface area contributed by atoms with Gasteiger partial charge in [0.25, 0.3) is 5.91 Å². The van der Waals surface area contributed by atoms with E-state index in [9.17, 15) is 4.79 Å². The summed E-state index contributed by atoms with van der Waals surface area (Å²) in [4.78, 5) is 14.1. The molecule has 0 unspecified atom stereocenters.